The lowest BCUT2D eigenvalue weighted by Crippen LogP contribution is -2.47. The molecule has 2 N–H and O–H groups in total. The van der Waals surface area contributed by atoms with Crippen LogP contribution in [-0.4, -0.2) is 37.6 Å². The van der Waals surface area contributed by atoms with Crippen LogP contribution in [0.25, 0.3) is 0 Å². The minimum Gasteiger partial charge on any atom is -0.490 e. The normalized spacial score (nSPS) is 17.1. The van der Waals surface area contributed by atoms with Gasteiger partial charge in [-0.1, -0.05) is 12.1 Å². The predicted octanol–water partition coefficient (Wildman–Crippen LogP) is 2.87. The van der Waals surface area contributed by atoms with Crippen molar-refractivity contribution in [3.63, 3.8) is 0 Å². The molecule has 0 aromatic heterocycles. The summed E-state index contributed by atoms with van der Waals surface area (Å²) in [5.41, 5.74) is 2.66. The Balaban J connectivity index is 1.28. The van der Waals surface area contributed by atoms with Crippen molar-refractivity contribution in [2.24, 2.45) is 0 Å². The third kappa shape index (κ3) is 5.08. The zero-order valence-electron chi connectivity index (χ0n) is 16.5. The Morgan fingerprint density at radius 3 is 2.48 bits per heavy atom. The second kappa shape index (κ2) is 8.99. The van der Waals surface area contributed by atoms with Crippen molar-refractivity contribution in [3.05, 3.63) is 59.7 Å². The van der Waals surface area contributed by atoms with E-state index in [1.165, 1.54) is 12.8 Å². The number of carbonyl (C=O) groups is 2. The van der Waals surface area contributed by atoms with Crippen molar-refractivity contribution in [3.8, 4) is 5.75 Å². The van der Waals surface area contributed by atoms with Crippen molar-refractivity contribution in [1.29, 1.82) is 0 Å². The highest BCUT2D eigenvalue weighted by atomic mass is 16.5. The number of piperazine rings is 1. The number of carbonyl (C=O) groups excluding carboxylic acids is 2. The van der Waals surface area contributed by atoms with Crippen LogP contribution in [0.2, 0.25) is 0 Å². The summed E-state index contributed by atoms with van der Waals surface area (Å²) in [6.45, 7) is 2.32. The Morgan fingerprint density at radius 1 is 1.07 bits per heavy atom. The molecule has 4 rings (SSSR count). The average Bonchev–Trinajstić information content (AvgIpc) is 3.26. The summed E-state index contributed by atoms with van der Waals surface area (Å²) in [6.07, 6.45) is 5.02. The standard InChI is InChI=1S/C23H27N3O3/c27-22-16-26(14-13-24-22)19-9-5-17(6-10-19)15-25-23(28)18-7-11-21(12-8-18)29-20-3-1-2-4-20/h5-12,20H,1-4,13-16H2,(H,24,27)(H,25,28). The van der Waals surface area contributed by atoms with E-state index in [9.17, 15) is 9.59 Å². The molecule has 1 heterocycles. The fourth-order valence-electron chi connectivity index (χ4n) is 3.85. The van der Waals surface area contributed by atoms with Crippen LogP contribution in [-0.2, 0) is 11.3 Å². The number of benzene rings is 2. The summed E-state index contributed by atoms with van der Waals surface area (Å²) in [6, 6.07) is 15.3. The smallest absolute Gasteiger partial charge is 0.251 e. The summed E-state index contributed by atoms with van der Waals surface area (Å²) in [5.74, 6) is 0.775. The van der Waals surface area contributed by atoms with Gasteiger partial charge in [0.2, 0.25) is 5.91 Å². The molecule has 1 saturated heterocycles. The predicted molar refractivity (Wildman–Crippen MR) is 112 cm³/mol. The Morgan fingerprint density at radius 2 is 1.79 bits per heavy atom. The van der Waals surface area contributed by atoms with Crippen LogP contribution in [0.5, 0.6) is 5.75 Å². The van der Waals surface area contributed by atoms with Crippen LogP contribution in [0.4, 0.5) is 5.69 Å². The third-order valence-electron chi connectivity index (χ3n) is 5.51. The van der Waals surface area contributed by atoms with Crippen molar-refractivity contribution < 1.29 is 14.3 Å². The average molecular weight is 393 g/mol. The number of anilines is 1. The van der Waals surface area contributed by atoms with E-state index in [1.54, 1.807) is 0 Å². The molecule has 1 aliphatic heterocycles. The van der Waals surface area contributed by atoms with Crippen molar-refractivity contribution in [2.45, 2.75) is 38.3 Å². The van der Waals surface area contributed by atoms with E-state index in [0.717, 1.165) is 36.4 Å². The van der Waals surface area contributed by atoms with Crippen LogP contribution in [0.15, 0.2) is 48.5 Å². The molecular formula is C23H27N3O3. The molecule has 2 aromatic carbocycles. The monoisotopic (exact) mass is 393 g/mol. The first-order valence-electron chi connectivity index (χ1n) is 10.3. The highest BCUT2D eigenvalue weighted by molar-refractivity contribution is 5.94. The maximum Gasteiger partial charge on any atom is 0.251 e. The van der Waals surface area contributed by atoms with Crippen LogP contribution in [0.1, 0.15) is 41.6 Å². The second-order valence-electron chi connectivity index (χ2n) is 7.67. The van der Waals surface area contributed by atoms with Crippen molar-refractivity contribution in [1.82, 2.24) is 10.6 Å². The van der Waals surface area contributed by atoms with E-state index in [-0.39, 0.29) is 11.8 Å². The number of hydrogen-bond acceptors (Lipinski definition) is 4. The Kier molecular flexibility index (Phi) is 5.98. The molecule has 0 unspecified atom stereocenters. The van der Waals surface area contributed by atoms with Crippen LogP contribution < -0.4 is 20.3 Å². The molecule has 0 atom stereocenters. The van der Waals surface area contributed by atoms with E-state index in [1.807, 2.05) is 48.5 Å². The van der Waals surface area contributed by atoms with Gasteiger partial charge >= 0.3 is 0 Å². The summed E-state index contributed by atoms with van der Waals surface area (Å²) in [7, 11) is 0. The second-order valence-corrected chi connectivity index (χ2v) is 7.67. The van der Waals surface area contributed by atoms with Gasteiger partial charge in [-0.3, -0.25) is 9.59 Å². The SMILES string of the molecule is O=C1CN(c2ccc(CNC(=O)c3ccc(OC4CCCC4)cc3)cc2)CCN1. The van der Waals surface area contributed by atoms with E-state index in [4.69, 9.17) is 4.74 Å². The molecule has 1 saturated carbocycles. The highest BCUT2D eigenvalue weighted by Crippen LogP contribution is 2.24. The molecular weight excluding hydrogens is 366 g/mol. The van der Waals surface area contributed by atoms with E-state index < -0.39 is 0 Å². The van der Waals surface area contributed by atoms with Gasteiger partial charge in [-0.15, -0.1) is 0 Å². The first kappa shape index (κ1) is 19.3. The molecule has 152 valence electrons. The molecule has 0 bridgehead atoms. The molecule has 29 heavy (non-hydrogen) atoms. The van der Waals surface area contributed by atoms with Crippen LogP contribution in [0.3, 0.4) is 0 Å². The molecule has 0 spiro atoms. The van der Waals surface area contributed by atoms with Gasteiger partial charge in [0.1, 0.15) is 5.75 Å². The minimum atomic E-state index is -0.103. The lowest BCUT2D eigenvalue weighted by molar-refractivity contribution is -0.120. The number of nitrogens with zero attached hydrogens (tertiary/aromatic N) is 1. The molecule has 1 aliphatic carbocycles. The molecule has 6 heteroatoms. The fourth-order valence-corrected chi connectivity index (χ4v) is 3.85. The number of nitrogens with one attached hydrogen (secondary N) is 2. The molecule has 2 amide bonds. The van der Waals surface area contributed by atoms with Gasteiger partial charge in [-0.2, -0.15) is 0 Å². The Bertz CT molecular complexity index is 843. The van der Waals surface area contributed by atoms with Gasteiger partial charge in [0.15, 0.2) is 0 Å². The van der Waals surface area contributed by atoms with Gasteiger partial charge in [0.25, 0.3) is 5.91 Å². The summed E-state index contributed by atoms with van der Waals surface area (Å²) < 4.78 is 5.95. The van der Waals surface area contributed by atoms with E-state index in [2.05, 4.69) is 15.5 Å². The molecule has 0 radical (unpaired) electrons. The maximum absolute atomic E-state index is 12.4. The van der Waals surface area contributed by atoms with Gasteiger partial charge in [0, 0.05) is 30.9 Å². The number of rotatable bonds is 6. The first-order chi connectivity index (χ1) is 14.2. The lowest BCUT2D eigenvalue weighted by atomic mass is 10.1. The number of amides is 2. The van der Waals surface area contributed by atoms with Crippen molar-refractivity contribution >= 4 is 17.5 Å². The van der Waals surface area contributed by atoms with Gasteiger partial charge in [-0.05, 0) is 67.6 Å². The maximum atomic E-state index is 12.4. The van der Waals surface area contributed by atoms with Crippen LogP contribution in [0, 0.1) is 0 Å². The van der Waals surface area contributed by atoms with Gasteiger partial charge in [-0.25, -0.2) is 0 Å². The van der Waals surface area contributed by atoms with E-state index in [0.29, 0.717) is 31.3 Å². The molecule has 6 nitrogen and oxygen atoms in total. The van der Waals surface area contributed by atoms with E-state index >= 15 is 0 Å². The molecule has 2 aliphatic rings. The summed E-state index contributed by atoms with van der Waals surface area (Å²) >= 11 is 0. The lowest BCUT2D eigenvalue weighted by Gasteiger charge is -2.28. The quantitative estimate of drug-likeness (QED) is 0.792. The molecule has 2 fully saturated rings. The fraction of sp³-hybridized carbons (Fsp3) is 0.391. The van der Waals surface area contributed by atoms with Crippen molar-refractivity contribution in [2.75, 3.05) is 24.5 Å². The first-order valence-corrected chi connectivity index (χ1v) is 10.3. The zero-order chi connectivity index (χ0) is 20.1. The summed E-state index contributed by atoms with van der Waals surface area (Å²) in [5, 5.41) is 5.78. The van der Waals surface area contributed by atoms with Gasteiger partial charge in [0.05, 0.1) is 12.6 Å². The largest absolute Gasteiger partial charge is 0.490 e. The Labute approximate surface area is 171 Å². The van der Waals surface area contributed by atoms with Crippen LogP contribution >= 0.6 is 0 Å². The molecule has 2 aromatic rings. The topological polar surface area (TPSA) is 70.7 Å². The minimum absolute atomic E-state index is 0.0484. The summed E-state index contributed by atoms with van der Waals surface area (Å²) in [4.78, 5) is 26.0. The number of ether oxygens (including phenoxy) is 1. The Hall–Kier alpha value is -3.02. The third-order valence-corrected chi connectivity index (χ3v) is 5.51. The number of hydrogen-bond donors (Lipinski definition) is 2. The van der Waals surface area contributed by atoms with Gasteiger partial charge < -0.3 is 20.3 Å². The highest BCUT2D eigenvalue weighted by Gasteiger charge is 2.17. The zero-order valence-corrected chi connectivity index (χ0v) is 16.5.